The van der Waals surface area contributed by atoms with E-state index in [1.165, 1.54) is 32.2 Å². The highest BCUT2D eigenvalue weighted by Gasteiger charge is 2.40. The van der Waals surface area contributed by atoms with E-state index in [0.717, 1.165) is 34.6 Å². The molecule has 0 saturated heterocycles. The van der Waals surface area contributed by atoms with Crippen molar-refractivity contribution in [1.29, 1.82) is 0 Å². The monoisotopic (exact) mass is 294 g/mol. The Balaban J connectivity index is 1.47. The van der Waals surface area contributed by atoms with Crippen LogP contribution >= 0.6 is 15.9 Å². The molecule has 17 heavy (non-hydrogen) atoms. The molecule has 3 rings (SSSR count). The maximum Gasteiger partial charge on any atom is 0.106 e. The molecular formula is C14H19BrN2. The molecule has 0 unspecified atom stereocenters. The zero-order chi connectivity index (χ0) is 11.7. The molecule has 2 saturated carbocycles. The average Bonchev–Trinajstić information content (AvgIpc) is 3.15. The van der Waals surface area contributed by atoms with Gasteiger partial charge >= 0.3 is 0 Å². The lowest BCUT2D eigenvalue weighted by Gasteiger charge is -2.16. The Hall–Kier alpha value is -0.410. The second-order valence-electron chi connectivity index (χ2n) is 5.42. The van der Waals surface area contributed by atoms with Crippen LogP contribution in [0.25, 0.3) is 0 Å². The molecule has 0 amide bonds. The fraction of sp³-hybridized carbons (Fsp3) is 0.643. The van der Waals surface area contributed by atoms with Gasteiger partial charge in [-0.05, 0) is 78.0 Å². The van der Waals surface area contributed by atoms with Gasteiger partial charge < -0.3 is 5.32 Å². The van der Waals surface area contributed by atoms with Gasteiger partial charge in [-0.1, -0.05) is 6.07 Å². The van der Waals surface area contributed by atoms with Gasteiger partial charge in [0.25, 0.3) is 0 Å². The van der Waals surface area contributed by atoms with Crippen molar-refractivity contribution in [3.05, 3.63) is 28.5 Å². The van der Waals surface area contributed by atoms with Crippen molar-refractivity contribution in [2.45, 2.75) is 32.2 Å². The van der Waals surface area contributed by atoms with Crippen molar-refractivity contribution >= 4 is 15.9 Å². The van der Waals surface area contributed by atoms with Crippen molar-refractivity contribution in [2.24, 2.45) is 17.8 Å². The lowest BCUT2D eigenvalue weighted by Crippen LogP contribution is -2.25. The van der Waals surface area contributed by atoms with Gasteiger partial charge in [0.1, 0.15) is 4.60 Å². The molecule has 1 N–H and O–H groups in total. The Morgan fingerprint density at radius 3 is 2.53 bits per heavy atom. The molecular weight excluding hydrogens is 276 g/mol. The number of rotatable bonds is 6. The maximum absolute atomic E-state index is 4.45. The molecule has 0 radical (unpaired) electrons. The largest absolute Gasteiger partial charge is 0.311 e. The fourth-order valence-corrected chi connectivity index (χ4v) is 3.06. The predicted molar refractivity (Wildman–Crippen MR) is 72.6 cm³/mol. The van der Waals surface area contributed by atoms with E-state index in [1.54, 1.807) is 0 Å². The van der Waals surface area contributed by atoms with Gasteiger partial charge in [-0.15, -0.1) is 0 Å². The molecule has 2 aliphatic carbocycles. The molecule has 0 aliphatic heterocycles. The van der Waals surface area contributed by atoms with E-state index < -0.39 is 0 Å². The maximum atomic E-state index is 4.45. The van der Waals surface area contributed by atoms with Crippen LogP contribution in [-0.2, 0) is 6.54 Å². The number of aromatic nitrogens is 1. The molecule has 3 heteroatoms. The summed E-state index contributed by atoms with van der Waals surface area (Å²) in [5.74, 6) is 3.01. The van der Waals surface area contributed by atoms with Gasteiger partial charge in [0.2, 0.25) is 0 Å². The quantitative estimate of drug-likeness (QED) is 0.814. The minimum Gasteiger partial charge on any atom is -0.311 e. The van der Waals surface area contributed by atoms with Crippen LogP contribution in [0.4, 0.5) is 0 Å². The Bertz CT molecular complexity index is 374. The Morgan fingerprint density at radius 2 is 1.94 bits per heavy atom. The number of hydrogen-bond donors (Lipinski definition) is 1. The number of nitrogens with one attached hydrogen (secondary N) is 1. The number of nitrogens with zero attached hydrogens (tertiary/aromatic N) is 1. The van der Waals surface area contributed by atoms with Crippen molar-refractivity contribution in [2.75, 3.05) is 6.54 Å². The highest BCUT2D eigenvalue weighted by atomic mass is 79.9. The van der Waals surface area contributed by atoms with E-state index in [-0.39, 0.29) is 0 Å². The fourth-order valence-electron chi connectivity index (χ4n) is 2.68. The number of pyridine rings is 1. The molecule has 1 heterocycles. The van der Waals surface area contributed by atoms with E-state index in [4.69, 9.17) is 0 Å². The summed E-state index contributed by atoms with van der Waals surface area (Å²) in [7, 11) is 0. The highest BCUT2D eigenvalue weighted by molar-refractivity contribution is 9.10. The van der Waals surface area contributed by atoms with E-state index in [2.05, 4.69) is 32.3 Å². The highest BCUT2D eigenvalue weighted by Crippen LogP contribution is 2.48. The van der Waals surface area contributed by atoms with Crippen LogP contribution < -0.4 is 5.32 Å². The summed E-state index contributed by atoms with van der Waals surface area (Å²) in [4.78, 5) is 4.45. The first-order chi connectivity index (χ1) is 8.33. The van der Waals surface area contributed by atoms with Crippen molar-refractivity contribution in [3.8, 4) is 0 Å². The second kappa shape index (κ2) is 5.07. The zero-order valence-electron chi connectivity index (χ0n) is 10.0. The second-order valence-corrected chi connectivity index (χ2v) is 6.23. The van der Waals surface area contributed by atoms with E-state index in [9.17, 15) is 0 Å². The Morgan fingerprint density at radius 1 is 1.24 bits per heavy atom. The van der Waals surface area contributed by atoms with Crippen LogP contribution in [0.3, 0.4) is 0 Å². The topological polar surface area (TPSA) is 24.9 Å². The van der Waals surface area contributed by atoms with Crippen molar-refractivity contribution in [1.82, 2.24) is 10.3 Å². The van der Waals surface area contributed by atoms with Gasteiger partial charge in [-0.3, -0.25) is 0 Å². The average molecular weight is 295 g/mol. The zero-order valence-corrected chi connectivity index (χ0v) is 11.6. The summed E-state index contributed by atoms with van der Waals surface area (Å²) >= 11 is 3.41. The first-order valence-electron chi connectivity index (χ1n) is 6.65. The van der Waals surface area contributed by atoms with E-state index in [1.807, 2.05) is 12.1 Å². The first-order valence-corrected chi connectivity index (χ1v) is 7.44. The van der Waals surface area contributed by atoms with Gasteiger partial charge in [-0.2, -0.15) is 0 Å². The van der Waals surface area contributed by atoms with Gasteiger partial charge in [0.15, 0.2) is 0 Å². The molecule has 2 aliphatic rings. The third kappa shape index (κ3) is 3.29. The van der Waals surface area contributed by atoms with Crippen LogP contribution in [0, 0.1) is 17.8 Å². The van der Waals surface area contributed by atoms with Crippen LogP contribution in [0.15, 0.2) is 22.8 Å². The summed E-state index contributed by atoms with van der Waals surface area (Å²) in [6, 6.07) is 6.11. The third-order valence-electron chi connectivity index (χ3n) is 3.91. The molecule has 0 spiro atoms. The number of halogens is 1. The summed E-state index contributed by atoms with van der Waals surface area (Å²) in [6.45, 7) is 2.08. The molecule has 1 aromatic heterocycles. The summed E-state index contributed by atoms with van der Waals surface area (Å²) in [5.41, 5.74) is 1.13. The van der Waals surface area contributed by atoms with Gasteiger partial charge in [0, 0.05) is 6.54 Å². The molecule has 0 bridgehead atoms. The standard InChI is InChI=1S/C14H19BrN2/c15-14-3-1-2-12(17-14)8-16-9-13(10-4-5-10)11-6-7-11/h1-3,10-11,13,16H,4-9H2. The van der Waals surface area contributed by atoms with Crippen molar-refractivity contribution in [3.63, 3.8) is 0 Å². The van der Waals surface area contributed by atoms with Gasteiger partial charge in [0.05, 0.1) is 5.69 Å². The third-order valence-corrected chi connectivity index (χ3v) is 4.36. The summed E-state index contributed by atoms with van der Waals surface area (Å²) in [5, 5.41) is 3.59. The molecule has 0 aromatic carbocycles. The molecule has 1 aromatic rings. The normalized spacial score (nSPS) is 19.9. The van der Waals surface area contributed by atoms with Crippen LogP contribution in [0.5, 0.6) is 0 Å². The Kier molecular flexibility index (Phi) is 3.48. The van der Waals surface area contributed by atoms with E-state index >= 15 is 0 Å². The lowest BCUT2D eigenvalue weighted by atomic mass is 9.98. The molecule has 2 nitrogen and oxygen atoms in total. The Labute approximate surface area is 111 Å². The summed E-state index contributed by atoms with van der Waals surface area (Å²) in [6.07, 6.45) is 5.88. The SMILES string of the molecule is Brc1cccc(CNCC(C2CC2)C2CC2)n1. The van der Waals surface area contributed by atoms with E-state index in [0.29, 0.717) is 0 Å². The minimum atomic E-state index is 0.898. The molecule has 2 fully saturated rings. The van der Waals surface area contributed by atoms with Crippen LogP contribution in [0.2, 0.25) is 0 Å². The smallest absolute Gasteiger partial charge is 0.106 e. The van der Waals surface area contributed by atoms with Crippen LogP contribution in [0.1, 0.15) is 31.4 Å². The van der Waals surface area contributed by atoms with Crippen molar-refractivity contribution < 1.29 is 0 Å². The number of hydrogen-bond acceptors (Lipinski definition) is 2. The summed E-state index contributed by atoms with van der Waals surface area (Å²) < 4.78 is 0.928. The molecule has 0 atom stereocenters. The minimum absolute atomic E-state index is 0.898. The predicted octanol–water partition coefficient (Wildman–Crippen LogP) is 3.37. The van der Waals surface area contributed by atoms with Crippen LogP contribution in [-0.4, -0.2) is 11.5 Å². The lowest BCUT2D eigenvalue weighted by molar-refractivity contribution is 0.377. The molecule has 92 valence electrons. The van der Waals surface area contributed by atoms with Gasteiger partial charge in [-0.25, -0.2) is 4.98 Å². The first kappa shape index (κ1) is 11.7.